The van der Waals surface area contributed by atoms with Crippen molar-refractivity contribution < 1.29 is 30.4 Å². The molecule has 0 bridgehead atoms. The zero-order chi connectivity index (χ0) is 14.7. The van der Waals surface area contributed by atoms with Crippen LogP contribution in [0.15, 0.2) is 6.07 Å². The predicted molar refractivity (Wildman–Crippen MR) is 74.7 cm³/mol. The third kappa shape index (κ3) is 123. The summed E-state index contributed by atoms with van der Waals surface area (Å²) >= 11 is -0.657. The molecule has 1 rings (SSSR count). The average molecular weight is 630 g/mol. The third-order valence-electron chi connectivity index (χ3n) is 0.351. The summed E-state index contributed by atoms with van der Waals surface area (Å²) in [6, 6.07) is 12.0. The number of hydrogen-bond donors (Lipinski definition) is 0. The Bertz CT molecular complexity index is 187. The molecule has 2 nitrogen and oxygen atoms in total. The minimum Gasteiger partial charge on any atom is -0.999 e. The van der Waals surface area contributed by atoms with E-state index in [9.17, 15) is 0 Å². The first-order valence-electron chi connectivity index (χ1n) is 4.74. The quantitative estimate of drug-likeness (QED) is 0.183. The van der Waals surface area contributed by atoms with Crippen LogP contribution >= 0.6 is 7.92 Å². The first-order chi connectivity index (χ1) is 7.96. The minimum absolute atomic E-state index is 0. The maximum atomic E-state index is 7.50. The Morgan fingerprint density at radius 2 is 1.06 bits per heavy atom. The van der Waals surface area contributed by atoms with Crippen LogP contribution < -0.4 is 0 Å². The summed E-state index contributed by atoms with van der Waals surface area (Å²) in [5, 5.41) is 0. The molecule has 0 unspecified atom stereocenters. The molecule has 1 radical (unpaired) electrons. The molecule has 1 aromatic rings. The second-order valence-corrected chi connectivity index (χ2v) is 18.3. The molecule has 0 atom stereocenters. The molecule has 0 aliphatic carbocycles. The Labute approximate surface area is 137 Å². The molecule has 0 saturated heterocycles. The van der Waals surface area contributed by atoms with Crippen molar-refractivity contribution in [3.63, 3.8) is 0 Å². The molecular formula is C13H20O2PPbW-4. The number of hydrogen-bond acceptors (Lipinski definition) is 0. The van der Waals surface area contributed by atoms with Crippen molar-refractivity contribution in [3.8, 4) is 0 Å². The van der Waals surface area contributed by atoms with Gasteiger partial charge in [0.15, 0.2) is 0 Å². The Balaban J connectivity index is -0.0000000407. The van der Waals surface area contributed by atoms with Crippen molar-refractivity contribution in [3.05, 3.63) is 43.6 Å². The second kappa shape index (κ2) is 36.1. The Morgan fingerprint density at radius 1 is 0.889 bits per heavy atom. The molecule has 0 aromatic heterocycles. The van der Waals surface area contributed by atoms with Gasteiger partial charge < -0.3 is 30.3 Å². The molecule has 5 heteroatoms. The van der Waals surface area contributed by atoms with Crippen LogP contribution in [-0.2, 0) is 30.4 Å². The van der Waals surface area contributed by atoms with Crippen molar-refractivity contribution in [1.82, 2.24) is 0 Å². The van der Waals surface area contributed by atoms with Crippen LogP contribution in [0.4, 0.5) is 0 Å². The second-order valence-electron chi connectivity index (χ2n) is 3.68. The molecule has 18 heavy (non-hydrogen) atoms. The first-order valence-corrected chi connectivity index (χ1v) is 19.4. The van der Waals surface area contributed by atoms with Crippen LogP contribution in [0.3, 0.4) is 0 Å². The molecule has 0 amide bonds. The summed E-state index contributed by atoms with van der Waals surface area (Å²) in [4.78, 5) is 0. The van der Waals surface area contributed by atoms with Crippen LogP contribution in [0.1, 0.15) is 0 Å². The fourth-order valence-corrected chi connectivity index (χ4v) is 0.180. The van der Waals surface area contributed by atoms with Gasteiger partial charge in [0.05, 0.1) is 0 Å². The van der Waals surface area contributed by atoms with E-state index in [1.165, 1.54) is 0 Å². The molecule has 0 aliphatic heterocycles. The SMILES string of the molecule is C[PH+](C)C.[C-]#[O+].[C-]#[O+].[CH3][Pb]([CH3])[CH3].[W].[c-]1[c-][c-][cH-][c-]1. The van der Waals surface area contributed by atoms with Crippen LogP contribution in [0.5, 0.6) is 0 Å². The van der Waals surface area contributed by atoms with Crippen LogP contribution in [-0.4, -0.2) is 42.7 Å². The standard InChI is InChI=1S/C5H.C3H9P.2CO.3CH3.Pb.W/c1-2-4-5-3-1;1-4(2)3;2*1-2;;;;;/h1H;1-3H3;;;3*1H3;;/q-5;;;;;;;;/p+1. The molecule has 0 aliphatic rings. The molecule has 0 heterocycles. The van der Waals surface area contributed by atoms with Gasteiger partial charge in [-0.1, -0.05) is 0 Å². The van der Waals surface area contributed by atoms with Gasteiger partial charge in [0.25, 0.3) is 0 Å². The zero-order valence-electron chi connectivity index (χ0n) is 11.8. The van der Waals surface area contributed by atoms with Gasteiger partial charge in [-0.2, -0.15) is 0 Å². The molecule has 0 N–H and O–H groups in total. The third-order valence-corrected chi connectivity index (χ3v) is 0.351. The van der Waals surface area contributed by atoms with Crippen molar-refractivity contribution in [2.24, 2.45) is 0 Å². The largest absolute Gasteiger partial charge is 0.999 e. The van der Waals surface area contributed by atoms with Crippen molar-refractivity contribution in [1.29, 1.82) is 0 Å². The van der Waals surface area contributed by atoms with E-state index in [2.05, 4.69) is 71.0 Å². The smallest absolute Gasteiger partial charge is 0 e. The zero-order valence-corrected chi connectivity index (χ0v) is 19.6. The molecule has 0 saturated carbocycles. The fraction of sp³-hybridized carbons (Fsp3) is 0.462. The van der Waals surface area contributed by atoms with E-state index in [1.54, 1.807) is 6.07 Å². The minimum atomic E-state index is -0.657. The van der Waals surface area contributed by atoms with Gasteiger partial charge in [-0.05, 0) is 7.92 Å². The average Bonchev–Trinajstić information content (AvgIpc) is 2.79. The fourth-order valence-electron chi connectivity index (χ4n) is 0.180. The van der Waals surface area contributed by atoms with Crippen molar-refractivity contribution in [2.45, 2.75) is 13.4 Å². The molecule has 0 fully saturated rings. The monoisotopic (exact) mass is 631 g/mol. The van der Waals surface area contributed by atoms with Crippen LogP contribution in [0.25, 0.3) is 0 Å². The summed E-state index contributed by atoms with van der Waals surface area (Å²) in [7, 11) is 0.120. The van der Waals surface area contributed by atoms with E-state index in [1.807, 2.05) is 0 Å². The van der Waals surface area contributed by atoms with Crippen molar-refractivity contribution in [2.75, 3.05) is 20.0 Å². The maximum absolute atomic E-state index is 7.50. The van der Waals surface area contributed by atoms with Gasteiger partial charge in [0, 0.05) is 41.1 Å². The van der Waals surface area contributed by atoms with E-state index in [4.69, 9.17) is 9.30 Å². The van der Waals surface area contributed by atoms with E-state index in [0.717, 1.165) is 0 Å². The van der Waals surface area contributed by atoms with Gasteiger partial charge >= 0.3 is 58.8 Å². The molecule has 0 spiro atoms. The summed E-state index contributed by atoms with van der Waals surface area (Å²) in [6.45, 7) is 15.8. The summed E-state index contributed by atoms with van der Waals surface area (Å²) in [5.41, 5.74) is 0. The summed E-state index contributed by atoms with van der Waals surface area (Å²) in [6.07, 6.45) is 0. The normalized spacial score (nSPS) is 6.44. The van der Waals surface area contributed by atoms with E-state index in [-0.39, 0.29) is 29.0 Å². The van der Waals surface area contributed by atoms with E-state index < -0.39 is 22.7 Å². The van der Waals surface area contributed by atoms with E-state index in [0.29, 0.717) is 0 Å². The summed E-state index contributed by atoms with van der Waals surface area (Å²) in [5.74, 6) is 0. The topological polar surface area (TPSA) is 39.8 Å². The van der Waals surface area contributed by atoms with Crippen LogP contribution in [0.2, 0.25) is 13.4 Å². The van der Waals surface area contributed by atoms with Gasteiger partial charge in [-0.15, -0.1) is 0 Å². The Hall–Kier alpha value is 0.870. The Kier molecular flexibility index (Phi) is 62.8. The molecule has 1 aromatic carbocycles. The Morgan fingerprint density at radius 3 is 1.11 bits per heavy atom. The first kappa shape index (κ1) is 31.3. The van der Waals surface area contributed by atoms with Crippen molar-refractivity contribution >= 4 is 30.6 Å². The summed E-state index contributed by atoms with van der Waals surface area (Å²) < 4.78 is 22.1. The van der Waals surface area contributed by atoms with E-state index >= 15 is 0 Å². The van der Waals surface area contributed by atoms with Crippen LogP contribution in [0, 0.1) is 37.6 Å². The molecule has 103 valence electrons. The van der Waals surface area contributed by atoms with Gasteiger partial charge in [0.2, 0.25) is 0 Å². The van der Waals surface area contributed by atoms with Gasteiger partial charge in [-0.25, -0.2) is 0 Å². The van der Waals surface area contributed by atoms with Gasteiger partial charge in [0.1, 0.15) is 0 Å². The predicted octanol–water partition coefficient (Wildman–Crippen LogP) is 2.99. The maximum Gasteiger partial charge on any atom is 0 e. The van der Waals surface area contributed by atoms with Gasteiger partial charge in [-0.3, -0.25) is 0 Å². The number of rotatable bonds is 0. The molecular weight excluding hydrogens is 610 g/mol.